The molecule has 0 bridgehead atoms. The third kappa shape index (κ3) is 3.74. The summed E-state index contributed by atoms with van der Waals surface area (Å²) in [5, 5.41) is 2.77. The van der Waals surface area contributed by atoms with E-state index in [4.69, 9.17) is 0 Å². The van der Waals surface area contributed by atoms with E-state index >= 15 is 0 Å². The molecule has 0 aromatic heterocycles. The molecule has 6 nitrogen and oxygen atoms in total. The van der Waals surface area contributed by atoms with E-state index in [1.807, 2.05) is 24.3 Å². The van der Waals surface area contributed by atoms with Crippen molar-refractivity contribution in [2.24, 2.45) is 5.92 Å². The number of hydrogen-bond donors (Lipinski definition) is 1. The molecule has 8 heteroatoms. The molecule has 2 atom stereocenters. The molecule has 23 heavy (non-hydrogen) atoms. The lowest BCUT2D eigenvalue weighted by atomic mass is 10.1. The normalized spacial score (nSPS) is 26.5. The number of sulfone groups is 1. The van der Waals surface area contributed by atoms with Gasteiger partial charge in [-0.05, 0) is 24.6 Å². The maximum atomic E-state index is 12.3. The number of nitrogens with zero attached hydrogens (tertiary/aromatic N) is 1. The van der Waals surface area contributed by atoms with E-state index in [2.05, 4.69) is 21.2 Å². The number of carbonyl (C=O) groups is 2. The summed E-state index contributed by atoms with van der Waals surface area (Å²) in [4.78, 5) is 26.1. The van der Waals surface area contributed by atoms with Crippen molar-refractivity contribution in [1.29, 1.82) is 0 Å². The summed E-state index contributed by atoms with van der Waals surface area (Å²) in [6.07, 6.45) is 0.599. The van der Waals surface area contributed by atoms with Crippen molar-refractivity contribution in [3.63, 3.8) is 0 Å². The molecular formula is C15H17BrN2O4S. The molecule has 2 heterocycles. The Morgan fingerprint density at radius 2 is 2.13 bits per heavy atom. The fourth-order valence-corrected chi connectivity index (χ4v) is 5.07. The van der Waals surface area contributed by atoms with Crippen molar-refractivity contribution < 1.29 is 18.0 Å². The highest BCUT2D eigenvalue weighted by Gasteiger charge is 2.37. The monoisotopic (exact) mass is 400 g/mol. The predicted molar refractivity (Wildman–Crippen MR) is 89.8 cm³/mol. The van der Waals surface area contributed by atoms with Crippen LogP contribution in [0.25, 0.3) is 0 Å². The zero-order valence-corrected chi connectivity index (χ0v) is 14.8. The van der Waals surface area contributed by atoms with Gasteiger partial charge in [-0.25, -0.2) is 8.42 Å². The highest BCUT2D eigenvalue weighted by molar-refractivity contribution is 9.10. The van der Waals surface area contributed by atoms with Crippen LogP contribution in [0, 0.1) is 5.92 Å². The van der Waals surface area contributed by atoms with Crippen LogP contribution in [0.15, 0.2) is 28.7 Å². The quantitative estimate of drug-likeness (QED) is 0.823. The Hall–Kier alpha value is -1.41. The first-order valence-electron chi connectivity index (χ1n) is 7.41. The van der Waals surface area contributed by atoms with Crippen LogP contribution >= 0.6 is 15.9 Å². The largest absolute Gasteiger partial charge is 0.352 e. The molecule has 2 saturated heterocycles. The van der Waals surface area contributed by atoms with Crippen molar-refractivity contribution in [2.45, 2.75) is 18.9 Å². The van der Waals surface area contributed by atoms with E-state index in [0.717, 1.165) is 10.2 Å². The lowest BCUT2D eigenvalue weighted by Gasteiger charge is -2.18. The maximum absolute atomic E-state index is 12.3. The van der Waals surface area contributed by atoms with Crippen molar-refractivity contribution in [3.05, 3.63) is 28.7 Å². The van der Waals surface area contributed by atoms with Crippen LogP contribution in [0.3, 0.4) is 0 Å². The average molecular weight is 401 g/mol. The molecule has 0 unspecified atom stereocenters. The van der Waals surface area contributed by atoms with Crippen LogP contribution in [-0.4, -0.2) is 44.3 Å². The van der Waals surface area contributed by atoms with Gasteiger partial charge in [-0.1, -0.05) is 22.0 Å². The molecule has 124 valence electrons. The van der Waals surface area contributed by atoms with E-state index in [-0.39, 0.29) is 35.8 Å². The minimum Gasteiger partial charge on any atom is -0.352 e. The smallest absolute Gasteiger partial charge is 0.227 e. The first kappa shape index (κ1) is 16.4. The molecule has 1 aromatic rings. The van der Waals surface area contributed by atoms with Gasteiger partial charge >= 0.3 is 0 Å². The summed E-state index contributed by atoms with van der Waals surface area (Å²) in [7, 11) is -3.03. The van der Waals surface area contributed by atoms with Gasteiger partial charge in [-0.3, -0.25) is 9.59 Å². The maximum Gasteiger partial charge on any atom is 0.227 e. The zero-order valence-electron chi connectivity index (χ0n) is 12.4. The number of anilines is 1. The standard InChI is InChI=1S/C15H17BrN2O4S/c16-11-2-1-3-13(7-11)18-8-10(6-14(18)19)15(20)17-12-4-5-23(21,22)9-12/h1-3,7,10,12H,4-6,8-9H2,(H,17,20)/t10-,12+/m0/s1. The van der Waals surface area contributed by atoms with Crippen LogP contribution in [0.2, 0.25) is 0 Å². The highest BCUT2D eigenvalue weighted by atomic mass is 79.9. The lowest BCUT2D eigenvalue weighted by Crippen LogP contribution is -2.40. The van der Waals surface area contributed by atoms with Gasteiger partial charge in [-0.15, -0.1) is 0 Å². The molecule has 2 fully saturated rings. The van der Waals surface area contributed by atoms with Gasteiger partial charge in [0.15, 0.2) is 9.84 Å². The van der Waals surface area contributed by atoms with E-state index in [9.17, 15) is 18.0 Å². The summed E-state index contributed by atoms with van der Waals surface area (Å²) < 4.78 is 23.8. The van der Waals surface area contributed by atoms with Gasteiger partial charge in [-0.2, -0.15) is 0 Å². The highest BCUT2D eigenvalue weighted by Crippen LogP contribution is 2.27. The van der Waals surface area contributed by atoms with Gasteiger partial charge in [0.05, 0.1) is 17.4 Å². The number of hydrogen-bond acceptors (Lipinski definition) is 4. The molecule has 0 spiro atoms. The first-order chi connectivity index (χ1) is 10.8. The molecule has 2 aliphatic heterocycles. The van der Waals surface area contributed by atoms with E-state index < -0.39 is 15.8 Å². The Morgan fingerprint density at radius 1 is 1.35 bits per heavy atom. The predicted octanol–water partition coefficient (Wildman–Crippen LogP) is 1.11. The second-order valence-corrected chi connectivity index (χ2v) is 9.14. The minimum atomic E-state index is -3.03. The van der Waals surface area contributed by atoms with Gasteiger partial charge < -0.3 is 10.2 Å². The third-order valence-corrected chi connectivity index (χ3v) is 6.46. The van der Waals surface area contributed by atoms with Crippen LogP contribution in [0.5, 0.6) is 0 Å². The summed E-state index contributed by atoms with van der Waals surface area (Å²) in [6, 6.07) is 7.04. The van der Waals surface area contributed by atoms with Crippen molar-refractivity contribution in [1.82, 2.24) is 5.32 Å². The number of rotatable bonds is 3. The summed E-state index contributed by atoms with van der Waals surface area (Å²) in [6.45, 7) is 0.320. The van der Waals surface area contributed by atoms with E-state index in [1.165, 1.54) is 0 Å². The summed E-state index contributed by atoms with van der Waals surface area (Å²) in [5.74, 6) is -0.662. The van der Waals surface area contributed by atoms with Crippen LogP contribution in [0.1, 0.15) is 12.8 Å². The Morgan fingerprint density at radius 3 is 2.78 bits per heavy atom. The number of halogens is 1. The van der Waals surface area contributed by atoms with Gasteiger partial charge in [0.25, 0.3) is 0 Å². The fraction of sp³-hybridized carbons (Fsp3) is 0.467. The average Bonchev–Trinajstić information content (AvgIpc) is 3.01. The number of carbonyl (C=O) groups excluding carboxylic acids is 2. The van der Waals surface area contributed by atoms with Gasteiger partial charge in [0.2, 0.25) is 11.8 Å². The van der Waals surface area contributed by atoms with Crippen molar-refractivity contribution >= 4 is 43.3 Å². The lowest BCUT2D eigenvalue weighted by molar-refractivity contribution is -0.126. The second-order valence-electron chi connectivity index (χ2n) is 5.99. The number of benzene rings is 1. The number of nitrogens with one attached hydrogen (secondary N) is 1. The van der Waals surface area contributed by atoms with Crippen LogP contribution < -0.4 is 10.2 Å². The van der Waals surface area contributed by atoms with Crippen LogP contribution in [-0.2, 0) is 19.4 Å². The summed E-state index contributed by atoms with van der Waals surface area (Å²) in [5.41, 5.74) is 0.753. The topological polar surface area (TPSA) is 83.5 Å². The van der Waals surface area contributed by atoms with E-state index in [1.54, 1.807) is 4.90 Å². The first-order valence-corrected chi connectivity index (χ1v) is 10.0. The molecule has 0 radical (unpaired) electrons. The Kier molecular flexibility index (Phi) is 4.46. The molecule has 3 rings (SSSR count). The fourth-order valence-electron chi connectivity index (χ4n) is 3.00. The minimum absolute atomic E-state index is 0.00521. The summed E-state index contributed by atoms with van der Waals surface area (Å²) >= 11 is 3.37. The molecule has 0 saturated carbocycles. The molecule has 2 aliphatic rings. The van der Waals surface area contributed by atoms with Gasteiger partial charge in [0, 0.05) is 29.2 Å². The molecule has 1 N–H and O–H groups in total. The molecule has 1 aromatic carbocycles. The zero-order chi connectivity index (χ0) is 16.6. The van der Waals surface area contributed by atoms with E-state index in [0.29, 0.717) is 13.0 Å². The number of amides is 2. The Labute approximate surface area is 143 Å². The molecule has 0 aliphatic carbocycles. The Bertz CT molecular complexity index is 750. The molecule has 2 amide bonds. The molecular weight excluding hydrogens is 384 g/mol. The SMILES string of the molecule is O=C(N[C@@H]1CCS(=O)(=O)C1)[C@H]1CC(=O)N(c2cccc(Br)c2)C1. The van der Waals surface area contributed by atoms with Crippen LogP contribution in [0.4, 0.5) is 5.69 Å². The van der Waals surface area contributed by atoms with Crippen molar-refractivity contribution in [2.75, 3.05) is 23.0 Å². The third-order valence-electron chi connectivity index (χ3n) is 4.19. The second kappa shape index (κ2) is 6.24. The van der Waals surface area contributed by atoms with Gasteiger partial charge in [0.1, 0.15) is 0 Å². The van der Waals surface area contributed by atoms with Crippen molar-refractivity contribution in [3.8, 4) is 0 Å². The Balaban J connectivity index is 1.64.